The van der Waals surface area contributed by atoms with Crippen molar-refractivity contribution in [1.29, 1.82) is 5.26 Å². The molecule has 0 radical (unpaired) electrons. The summed E-state index contributed by atoms with van der Waals surface area (Å²) >= 11 is 6.13. The molecule has 2 aromatic carbocycles. The summed E-state index contributed by atoms with van der Waals surface area (Å²) in [5.74, 6) is -0.470. The minimum Gasteiger partial charge on any atom is -0.378 e. The maximum absolute atomic E-state index is 12.7. The van der Waals surface area contributed by atoms with Gasteiger partial charge in [0.05, 0.1) is 0 Å². The fourth-order valence-corrected chi connectivity index (χ4v) is 3.58. The van der Waals surface area contributed by atoms with Crippen LogP contribution in [0, 0.1) is 32.1 Å². The van der Waals surface area contributed by atoms with Gasteiger partial charge in [0.2, 0.25) is 0 Å². The Morgan fingerprint density at radius 1 is 1.10 bits per heavy atom. The Bertz CT molecular complexity index is 1200. The van der Waals surface area contributed by atoms with E-state index in [0.29, 0.717) is 10.7 Å². The summed E-state index contributed by atoms with van der Waals surface area (Å²) in [5.41, 5.74) is 6.43. The van der Waals surface area contributed by atoms with Crippen molar-refractivity contribution < 1.29 is 4.79 Å². The highest BCUT2D eigenvalue weighted by molar-refractivity contribution is 6.31. The zero-order valence-corrected chi connectivity index (χ0v) is 19.1. The summed E-state index contributed by atoms with van der Waals surface area (Å²) in [7, 11) is 4.01. The van der Waals surface area contributed by atoms with Crippen LogP contribution < -0.4 is 10.2 Å². The predicted molar refractivity (Wildman–Crippen MR) is 128 cm³/mol. The molecule has 1 aromatic heterocycles. The molecule has 1 amide bonds. The molecule has 0 saturated heterocycles. The molecule has 31 heavy (non-hydrogen) atoms. The molecule has 0 bridgehead atoms. The summed E-state index contributed by atoms with van der Waals surface area (Å²) in [6.45, 7) is 5.87. The first kappa shape index (κ1) is 22.2. The lowest BCUT2D eigenvalue weighted by Crippen LogP contribution is -2.13. The second kappa shape index (κ2) is 9.11. The lowest BCUT2D eigenvalue weighted by Gasteiger charge is -2.15. The van der Waals surface area contributed by atoms with E-state index in [1.807, 2.05) is 58.0 Å². The van der Waals surface area contributed by atoms with Gasteiger partial charge in [-0.2, -0.15) is 5.26 Å². The first-order chi connectivity index (χ1) is 14.7. The van der Waals surface area contributed by atoms with E-state index in [0.717, 1.165) is 33.9 Å². The van der Waals surface area contributed by atoms with Gasteiger partial charge >= 0.3 is 0 Å². The van der Waals surface area contributed by atoms with E-state index < -0.39 is 5.91 Å². The van der Waals surface area contributed by atoms with Crippen LogP contribution in [0.1, 0.15) is 22.5 Å². The third-order valence-corrected chi connectivity index (χ3v) is 5.60. The molecule has 0 aliphatic heterocycles. The van der Waals surface area contributed by atoms with E-state index >= 15 is 0 Å². The number of carbonyl (C=O) groups is 1. The normalized spacial score (nSPS) is 11.2. The van der Waals surface area contributed by atoms with Crippen molar-refractivity contribution in [2.45, 2.75) is 20.8 Å². The number of aryl methyl sites for hydroxylation is 2. The standard InChI is InChI=1S/C25H25ClN4O/c1-16-6-7-21(14-24(16)26)28-25(31)20(15-27)13-19-12-17(2)30(18(19)3)23-10-8-22(9-11-23)29(4)5/h6-14H,1-5H3,(H,28,31)/b20-13-. The smallest absolute Gasteiger partial charge is 0.266 e. The van der Waals surface area contributed by atoms with Gasteiger partial charge in [-0.15, -0.1) is 0 Å². The number of aromatic nitrogens is 1. The minimum atomic E-state index is -0.470. The average Bonchev–Trinajstić information content (AvgIpc) is 3.01. The highest BCUT2D eigenvalue weighted by Crippen LogP contribution is 2.25. The number of nitriles is 1. The molecule has 0 atom stereocenters. The lowest BCUT2D eigenvalue weighted by molar-refractivity contribution is -0.112. The first-order valence-electron chi connectivity index (χ1n) is 9.87. The molecule has 3 aromatic rings. The van der Waals surface area contributed by atoms with Gasteiger partial charge in [-0.25, -0.2) is 0 Å². The fourth-order valence-electron chi connectivity index (χ4n) is 3.40. The number of nitrogens with one attached hydrogen (secondary N) is 1. The number of amides is 1. The third-order valence-electron chi connectivity index (χ3n) is 5.19. The summed E-state index contributed by atoms with van der Waals surface area (Å²) in [5, 5.41) is 12.9. The van der Waals surface area contributed by atoms with Crippen LogP contribution in [0.2, 0.25) is 5.02 Å². The zero-order chi connectivity index (χ0) is 22.7. The Morgan fingerprint density at radius 2 is 1.77 bits per heavy atom. The third kappa shape index (κ3) is 4.82. The number of halogens is 1. The van der Waals surface area contributed by atoms with Crippen molar-refractivity contribution in [3.63, 3.8) is 0 Å². The molecule has 0 aliphatic rings. The van der Waals surface area contributed by atoms with Crippen LogP contribution in [-0.2, 0) is 4.79 Å². The molecular weight excluding hydrogens is 408 g/mol. The van der Waals surface area contributed by atoms with E-state index in [1.165, 1.54) is 0 Å². The SMILES string of the molecule is Cc1ccc(NC(=O)/C(C#N)=C\c2cc(C)n(-c3ccc(N(C)C)cc3)c2C)cc1Cl. The maximum Gasteiger partial charge on any atom is 0.266 e. The maximum atomic E-state index is 12.7. The van der Waals surface area contributed by atoms with Gasteiger partial charge < -0.3 is 14.8 Å². The molecular formula is C25H25ClN4O. The monoisotopic (exact) mass is 432 g/mol. The largest absolute Gasteiger partial charge is 0.378 e. The minimum absolute atomic E-state index is 0.0277. The highest BCUT2D eigenvalue weighted by Gasteiger charge is 2.14. The number of nitrogens with zero attached hydrogens (tertiary/aromatic N) is 3. The van der Waals surface area contributed by atoms with E-state index in [9.17, 15) is 10.1 Å². The van der Waals surface area contributed by atoms with Gasteiger partial charge in [-0.05, 0) is 80.4 Å². The van der Waals surface area contributed by atoms with Crippen LogP contribution in [0.5, 0.6) is 0 Å². The topological polar surface area (TPSA) is 61.1 Å². The van der Waals surface area contributed by atoms with Crippen molar-refractivity contribution in [2.75, 3.05) is 24.3 Å². The second-order valence-electron chi connectivity index (χ2n) is 7.66. The number of benzene rings is 2. The Balaban J connectivity index is 1.90. The van der Waals surface area contributed by atoms with Crippen molar-refractivity contribution in [2.24, 2.45) is 0 Å². The average molecular weight is 433 g/mol. The number of hydrogen-bond acceptors (Lipinski definition) is 3. The molecule has 5 nitrogen and oxygen atoms in total. The molecule has 0 fully saturated rings. The van der Waals surface area contributed by atoms with Gasteiger partial charge in [0.15, 0.2) is 0 Å². The Kier molecular flexibility index (Phi) is 6.53. The molecule has 0 spiro atoms. The van der Waals surface area contributed by atoms with Gasteiger partial charge in [-0.1, -0.05) is 17.7 Å². The van der Waals surface area contributed by atoms with E-state index in [-0.39, 0.29) is 5.57 Å². The summed E-state index contributed by atoms with van der Waals surface area (Å²) in [6.07, 6.45) is 1.62. The Hall–Kier alpha value is -3.49. The van der Waals surface area contributed by atoms with Crippen LogP contribution in [0.15, 0.2) is 54.1 Å². The van der Waals surface area contributed by atoms with Crippen LogP contribution in [0.4, 0.5) is 11.4 Å². The predicted octanol–water partition coefficient (Wildman–Crippen LogP) is 5.67. The summed E-state index contributed by atoms with van der Waals surface area (Å²) in [6, 6.07) is 17.5. The first-order valence-corrected chi connectivity index (χ1v) is 10.2. The van der Waals surface area contributed by atoms with E-state index in [1.54, 1.807) is 18.2 Å². The van der Waals surface area contributed by atoms with Crippen molar-refractivity contribution in [3.8, 4) is 11.8 Å². The zero-order valence-electron chi connectivity index (χ0n) is 18.3. The van der Waals surface area contributed by atoms with Crippen LogP contribution in [0.25, 0.3) is 11.8 Å². The van der Waals surface area contributed by atoms with E-state index in [4.69, 9.17) is 11.6 Å². The van der Waals surface area contributed by atoms with Crippen molar-refractivity contribution >= 4 is 35.0 Å². The van der Waals surface area contributed by atoms with E-state index in [2.05, 4.69) is 34.1 Å². The number of hydrogen-bond donors (Lipinski definition) is 1. The van der Waals surface area contributed by atoms with Gasteiger partial charge in [0.1, 0.15) is 11.6 Å². The number of anilines is 2. The molecule has 6 heteroatoms. The van der Waals surface area contributed by atoms with Crippen LogP contribution in [0.3, 0.4) is 0 Å². The molecule has 1 N–H and O–H groups in total. The second-order valence-corrected chi connectivity index (χ2v) is 8.07. The molecule has 0 aliphatic carbocycles. The lowest BCUT2D eigenvalue weighted by atomic mass is 10.1. The molecule has 158 valence electrons. The quantitative estimate of drug-likeness (QED) is 0.417. The summed E-state index contributed by atoms with van der Waals surface area (Å²) < 4.78 is 2.11. The molecule has 0 unspecified atom stereocenters. The summed E-state index contributed by atoms with van der Waals surface area (Å²) in [4.78, 5) is 14.7. The molecule has 3 rings (SSSR count). The number of rotatable bonds is 5. The van der Waals surface area contributed by atoms with Gasteiger partial charge in [-0.3, -0.25) is 4.79 Å². The molecule has 0 saturated carbocycles. The number of carbonyl (C=O) groups excluding carboxylic acids is 1. The van der Waals surface area contributed by atoms with Crippen LogP contribution >= 0.6 is 11.6 Å². The van der Waals surface area contributed by atoms with Gasteiger partial charge in [0.25, 0.3) is 5.91 Å². The van der Waals surface area contributed by atoms with Crippen molar-refractivity contribution in [3.05, 3.63) is 81.6 Å². The van der Waals surface area contributed by atoms with Gasteiger partial charge in [0, 0.05) is 47.6 Å². The fraction of sp³-hybridized carbons (Fsp3) is 0.200. The van der Waals surface area contributed by atoms with Crippen molar-refractivity contribution in [1.82, 2.24) is 4.57 Å². The Labute approximate surface area is 188 Å². The highest BCUT2D eigenvalue weighted by atomic mass is 35.5. The Morgan fingerprint density at radius 3 is 2.35 bits per heavy atom. The van der Waals surface area contributed by atoms with Crippen LogP contribution in [-0.4, -0.2) is 24.6 Å². The molecule has 1 heterocycles.